The summed E-state index contributed by atoms with van der Waals surface area (Å²) >= 11 is 1.52. The highest BCUT2D eigenvalue weighted by Crippen LogP contribution is 2.33. The van der Waals surface area contributed by atoms with Gasteiger partial charge in [0.25, 0.3) is 0 Å². The lowest BCUT2D eigenvalue weighted by molar-refractivity contribution is 0.258. The number of aromatic nitrogens is 2. The van der Waals surface area contributed by atoms with E-state index in [0.717, 1.165) is 43.4 Å². The van der Waals surface area contributed by atoms with Gasteiger partial charge in [0, 0.05) is 30.0 Å². The van der Waals surface area contributed by atoms with Crippen LogP contribution in [0, 0.1) is 5.41 Å². The lowest BCUT2D eigenvalue weighted by Crippen LogP contribution is -2.42. The summed E-state index contributed by atoms with van der Waals surface area (Å²) < 4.78 is 4.48. The van der Waals surface area contributed by atoms with Gasteiger partial charge in [-0.15, -0.1) is 0 Å². The molecule has 1 aliphatic rings. The molecule has 0 atom stereocenters. The Labute approximate surface area is 114 Å². The molecule has 1 aromatic rings. The first kappa shape index (κ1) is 13.7. The third-order valence-electron chi connectivity index (χ3n) is 3.82. The van der Waals surface area contributed by atoms with Crippen LogP contribution in [0.1, 0.15) is 46.4 Å². The van der Waals surface area contributed by atoms with Crippen LogP contribution >= 0.6 is 11.5 Å². The van der Waals surface area contributed by atoms with E-state index in [4.69, 9.17) is 5.73 Å². The second-order valence-corrected chi connectivity index (χ2v) is 7.38. The Hall–Kier alpha value is -0.680. The van der Waals surface area contributed by atoms with Crippen LogP contribution in [0.4, 0.5) is 5.13 Å². The van der Waals surface area contributed by atoms with Crippen LogP contribution in [0.2, 0.25) is 0 Å². The molecular formula is C13H24N4S. The lowest BCUT2D eigenvalue weighted by atomic mass is 9.81. The molecule has 18 heavy (non-hydrogen) atoms. The van der Waals surface area contributed by atoms with Gasteiger partial charge in [0.15, 0.2) is 0 Å². The molecule has 2 rings (SSSR count). The SMILES string of the molecule is CC1(CN)CCN(c2nc(C(C)(C)C)ns2)CC1. The fourth-order valence-corrected chi connectivity index (χ4v) is 3.00. The Morgan fingerprint density at radius 1 is 1.33 bits per heavy atom. The summed E-state index contributed by atoms with van der Waals surface area (Å²) in [5.74, 6) is 0.953. The quantitative estimate of drug-likeness (QED) is 0.895. The maximum absolute atomic E-state index is 5.84. The number of nitrogens with two attached hydrogens (primary N) is 1. The minimum atomic E-state index is 0.0380. The van der Waals surface area contributed by atoms with Crippen molar-refractivity contribution in [2.24, 2.45) is 11.1 Å². The van der Waals surface area contributed by atoms with Gasteiger partial charge >= 0.3 is 0 Å². The van der Waals surface area contributed by atoms with Crippen molar-refractivity contribution < 1.29 is 0 Å². The van der Waals surface area contributed by atoms with Crippen LogP contribution in [-0.4, -0.2) is 29.0 Å². The maximum atomic E-state index is 5.84. The smallest absolute Gasteiger partial charge is 0.205 e. The minimum absolute atomic E-state index is 0.0380. The predicted octanol–water partition coefficient (Wildman–Crippen LogP) is 2.40. The molecule has 0 aliphatic carbocycles. The van der Waals surface area contributed by atoms with E-state index in [0.29, 0.717) is 5.41 Å². The van der Waals surface area contributed by atoms with Crippen molar-refractivity contribution in [1.29, 1.82) is 0 Å². The summed E-state index contributed by atoms with van der Waals surface area (Å²) in [4.78, 5) is 7.03. The van der Waals surface area contributed by atoms with E-state index < -0.39 is 0 Å². The van der Waals surface area contributed by atoms with Crippen molar-refractivity contribution in [3.05, 3.63) is 5.82 Å². The van der Waals surface area contributed by atoms with Crippen molar-refractivity contribution in [2.75, 3.05) is 24.5 Å². The highest BCUT2D eigenvalue weighted by molar-refractivity contribution is 7.09. The monoisotopic (exact) mass is 268 g/mol. The Balaban J connectivity index is 2.04. The van der Waals surface area contributed by atoms with Gasteiger partial charge in [0.1, 0.15) is 5.82 Å². The molecular weight excluding hydrogens is 244 g/mol. The van der Waals surface area contributed by atoms with E-state index in [-0.39, 0.29) is 5.41 Å². The first-order chi connectivity index (χ1) is 8.34. The fourth-order valence-electron chi connectivity index (χ4n) is 2.09. The zero-order valence-electron chi connectivity index (χ0n) is 11.9. The van der Waals surface area contributed by atoms with E-state index in [1.807, 2.05) is 0 Å². The number of anilines is 1. The summed E-state index contributed by atoms with van der Waals surface area (Å²) in [6.45, 7) is 11.6. The van der Waals surface area contributed by atoms with Crippen LogP contribution in [0.15, 0.2) is 0 Å². The van der Waals surface area contributed by atoms with Crippen molar-refractivity contribution in [1.82, 2.24) is 9.36 Å². The summed E-state index contributed by atoms with van der Waals surface area (Å²) in [6, 6.07) is 0. The van der Waals surface area contributed by atoms with Crippen LogP contribution < -0.4 is 10.6 Å². The van der Waals surface area contributed by atoms with Gasteiger partial charge in [-0.1, -0.05) is 27.7 Å². The first-order valence-corrected chi connectivity index (χ1v) is 7.41. The zero-order chi connectivity index (χ0) is 13.4. The van der Waals surface area contributed by atoms with Gasteiger partial charge in [-0.2, -0.15) is 4.37 Å². The lowest BCUT2D eigenvalue weighted by Gasteiger charge is -2.38. The molecule has 102 valence electrons. The molecule has 4 nitrogen and oxygen atoms in total. The second-order valence-electron chi connectivity index (χ2n) is 6.65. The predicted molar refractivity (Wildman–Crippen MR) is 77.2 cm³/mol. The highest BCUT2D eigenvalue weighted by atomic mass is 32.1. The van der Waals surface area contributed by atoms with Crippen LogP contribution in [0.25, 0.3) is 0 Å². The highest BCUT2D eigenvalue weighted by Gasteiger charge is 2.30. The molecule has 0 saturated carbocycles. The first-order valence-electron chi connectivity index (χ1n) is 6.63. The third kappa shape index (κ3) is 2.83. The molecule has 2 N–H and O–H groups in total. The molecule has 0 bridgehead atoms. The molecule has 0 spiro atoms. The minimum Gasteiger partial charge on any atom is -0.347 e. The zero-order valence-corrected chi connectivity index (χ0v) is 12.7. The van der Waals surface area contributed by atoms with E-state index in [2.05, 4.69) is 42.0 Å². The van der Waals surface area contributed by atoms with E-state index >= 15 is 0 Å². The summed E-state index contributed by atoms with van der Waals surface area (Å²) in [6.07, 6.45) is 2.29. The van der Waals surface area contributed by atoms with Gasteiger partial charge in [-0.25, -0.2) is 4.98 Å². The average Bonchev–Trinajstić information content (AvgIpc) is 2.79. The van der Waals surface area contributed by atoms with Gasteiger partial charge in [0.05, 0.1) is 0 Å². The maximum Gasteiger partial charge on any atom is 0.205 e. The normalized spacial score (nSPS) is 20.2. The molecule has 5 heteroatoms. The number of hydrogen-bond acceptors (Lipinski definition) is 5. The Bertz CT molecular complexity index is 399. The van der Waals surface area contributed by atoms with E-state index in [9.17, 15) is 0 Å². The summed E-state index contributed by atoms with van der Waals surface area (Å²) in [5, 5.41) is 1.07. The molecule has 1 saturated heterocycles. The Morgan fingerprint density at radius 2 is 1.94 bits per heavy atom. The number of hydrogen-bond donors (Lipinski definition) is 1. The second kappa shape index (κ2) is 4.78. The molecule has 1 aliphatic heterocycles. The van der Waals surface area contributed by atoms with Crippen molar-refractivity contribution >= 4 is 16.7 Å². The van der Waals surface area contributed by atoms with Gasteiger partial charge in [-0.05, 0) is 24.8 Å². The van der Waals surface area contributed by atoms with Crippen molar-refractivity contribution in [3.63, 3.8) is 0 Å². The average molecular weight is 268 g/mol. The van der Waals surface area contributed by atoms with Gasteiger partial charge in [-0.3, -0.25) is 0 Å². The molecule has 0 amide bonds. The number of piperidine rings is 1. The van der Waals surface area contributed by atoms with E-state index in [1.54, 1.807) is 0 Å². The molecule has 2 heterocycles. The third-order valence-corrected chi connectivity index (χ3v) is 4.60. The Morgan fingerprint density at radius 3 is 2.39 bits per heavy atom. The number of rotatable bonds is 2. The van der Waals surface area contributed by atoms with Crippen molar-refractivity contribution in [2.45, 2.75) is 46.0 Å². The standard InChI is InChI=1S/C13H24N4S/c1-12(2,3)10-15-11(18-16-10)17-7-5-13(4,9-14)6-8-17/h5-9,14H2,1-4H3. The molecule has 0 aromatic carbocycles. The number of nitrogens with zero attached hydrogens (tertiary/aromatic N) is 3. The fraction of sp³-hybridized carbons (Fsp3) is 0.846. The van der Waals surface area contributed by atoms with E-state index in [1.165, 1.54) is 11.5 Å². The Kier molecular flexibility index (Phi) is 3.65. The van der Waals surface area contributed by atoms with Crippen LogP contribution in [-0.2, 0) is 5.41 Å². The topological polar surface area (TPSA) is 55.0 Å². The van der Waals surface area contributed by atoms with Gasteiger partial charge < -0.3 is 10.6 Å². The molecule has 0 radical (unpaired) electrons. The molecule has 1 fully saturated rings. The largest absolute Gasteiger partial charge is 0.347 e. The van der Waals surface area contributed by atoms with Crippen LogP contribution in [0.5, 0.6) is 0 Å². The van der Waals surface area contributed by atoms with Crippen molar-refractivity contribution in [3.8, 4) is 0 Å². The molecule has 1 aromatic heterocycles. The van der Waals surface area contributed by atoms with Gasteiger partial charge in [0.2, 0.25) is 5.13 Å². The summed E-state index contributed by atoms with van der Waals surface area (Å²) in [7, 11) is 0. The summed E-state index contributed by atoms with van der Waals surface area (Å²) in [5.41, 5.74) is 6.19. The van der Waals surface area contributed by atoms with Crippen LogP contribution in [0.3, 0.4) is 0 Å². The molecule has 0 unspecified atom stereocenters.